The van der Waals surface area contributed by atoms with Gasteiger partial charge in [-0.15, -0.1) is 0 Å². The average Bonchev–Trinajstić information content (AvgIpc) is 2.32. The molecule has 0 fully saturated rings. The van der Waals surface area contributed by atoms with Gasteiger partial charge in [-0.3, -0.25) is 0 Å². The molecule has 0 aliphatic rings. The van der Waals surface area contributed by atoms with Crippen molar-refractivity contribution in [1.29, 1.82) is 0 Å². The van der Waals surface area contributed by atoms with E-state index in [0.717, 1.165) is 24.1 Å². The maximum absolute atomic E-state index is 11.4. The zero-order valence-corrected chi connectivity index (χ0v) is 10.2. The van der Waals surface area contributed by atoms with Crippen LogP contribution < -0.4 is 10.6 Å². The van der Waals surface area contributed by atoms with Gasteiger partial charge in [0.05, 0.1) is 0 Å². The number of unbranched alkanes of at least 4 members (excludes halogenated alkanes) is 1. The second-order valence-electron chi connectivity index (χ2n) is 3.90. The van der Waals surface area contributed by atoms with Crippen LogP contribution in [-0.2, 0) is 6.42 Å². The van der Waals surface area contributed by atoms with Crippen molar-refractivity contribution in [1.82, 2.24) is 5.32 Å². The lowest BCUT2D eigenvalue weighted by atomic mass is 10.1. The molecule has 0 unspecified atom stereocenters. The lowest BCUT2D eigenvalue weighted by Gasteiger charge is -2.07. The smallest absolute Gasteiger partial charge is 0.319 e. The molecule has 0 saturated heterocycles. The van der Waals surface area contributed by atoms with Gasteiger partial charge in [-0.05, 0) is 30.5 Å². The zero-order valence-electron chi connectivity index (χ0n) is 10.2. The van der Waals surface area contributed by atoms with Gasteiger partial charge >= 0.3 is 6.03 Å². The number of anilines is 1. The molecule has 0 bridgehead atoms. The van der Waals surface area contributed by atoms with E-state index in [1.54, 1.807) is 0 Å². The molecule has 0 aromatic heterocycles. The normalized spacial score (nSPS) is 10.0. The van der Waals surface area contributed by atoms with Crippen molar-refractivity contribution in [3.63, 3.8) is 0 Å². The van der Waals surface area contributed by atoms with E-state index in [1.165, 1.54) is 0 Å². The highest BCUT2D eigenvalue weighted by Crippen LogP contribution is 2.09. The van der Waals surface area contributed by atoms with Gasteiger partial charge in [-0.25, -0.2) is 4.79 Å². The van der Waals surface area contributed by atoms with E-state index < -0.39 is 0 Å². The predicted molar refractivity (Wildman–Crippen MR) is 69.2 cm³/mol. The number of carbonyl (C=O) groups excluding carboxylic acids is 1. The molecule has 17 heavy (non-hydrogen) atoms. The summed E-state index contributed by atoms with van der Waals surface area (Å²) in [4.78, 5) is 11.4. The second kappa shape index (κ2) is 7.68. The molecular weight excluding hydrogens is 216 g/mol. The van der Waals surface area contributed by atoms with Crippen molar-refractivity contribution >= 4 is 11.7 Å². The topological polar surface area (TPSA) is 61.4 Å². The third kappa shape index (κ3) is 5.36. The fourth-order valence-electron chi connectivity index (χ4n) is 1.44. The number of benzene rings is 1. The van der Waals surface area contributed by atoms with Crippen molar-refractivity contribution < 1.29 is 9.90 Å². The van der Waals surface area contributed by atoms with Crippen LogP contribution in [-0.4, -0.2) is 24.3 Å². The number of urea groups is 1. The Bertz CT molecular complexity index is 336. The minimum absolute atomic E-state index is 0.143. The fraction of sp³-hybridized carbons (Fsp3) is 0.462. The van der Waals surface area contributed by atoms with Gasteiger partial charge in [0, 0.05) is 18.8 Å². The third-order valence-electron chi connectivity index (χ3n) is 2.43. The number of aliphatic hydroxyl groups is 1. The Morgan fingerprint density at radius 2 is 2.00 bits per heavy atom. The highest BCUT2D eigenvalue weighted by molar-refractivity contribution is 5.89. The number of amides is 2. The summed E-state index contributed by atoms with van der Waals surface area (Å²) in [6, 6.07) is 7.30. The lowest BCUT2D eigenvalue weighted by molar-refractivity contribution is 0.252. The molecule has 4 nitrogen and oxygen atoms in total. The molecular formula is C13H20N2O2. The first kappa shape index (κ1) is 13.5. The number of carbonyl (C=O) groups is 1. The van der Waals surface area contributed by atoms with Gasteiger partial charge in [0.15, 0.2) is 0 Å². The second-order valence-corrected chi connectivity index (χ2v) is 3.90. The van der Waals surface area contributed by atoms with E-state index in [0.29, 0.717) is 13.0 Å². The van der Waals surface area contributed by atoms with Crippen LogP contribution in [0, 0.1) is 0 Å². The Morgan fingerprint density at radius 3 is 2.59 bits per heavy atom. The Labute approximate surface area is 102 Å². The molecule has 1 aromatic carbocycles. The van der Waals surface area contributed by atoms with Crippen LogP contribution in [0.5, 0.6) is 0 Å². The first-order valence-corrected chi connectivity index (χ1v) is 6.01. The number of hydrogen-bond donors (Lipinski definition) is 3. The van der Waals surface area contributed by atoms with Crippen LogP contribution in [0.15, 0.2) is 24.3 Å². The molecule has 0 aliphatic carbocycles. The molecule has 0 saturated carbocycles. The molecule has 0 aliphatic heterocycles. The average molecular weight is 236 g/mol. The van der Waals surface area contributed by atoms with Crippen LogP contribution in [0.2, 0.25) is 0 Å². The summed E-state index contributed by atoms with van der Waals surface area (Å²) in [5, 5.41) is 14.3. The molecule has 0 atom stereocenters. The van der Waals surface area contributed by atoms with Crippen molar-refractivity contribution in [3.8, 4) is 0 Å². The standard InChI is InChI=1S/C13H20N2O2/c1-2-3-9-14-13(17)15-12-6-4-11(5-7-12)8-10-16/h4-7,16H,2-3,8-10H2,1H3,(H2,14,15,17). The van der Waals surface area contributed by atoms with Gasteiger partial charge in [0.25, 0.3) is 0 Å². The minimum Gasteiger partial charge on any atom is -0.396 e. The lowest BCUT2D eigenvalue weighted by Crippen LogP contribution is -2.29. The summed E-state index contributed by atoms with van der Waals surface area (Å²) in [5.74, 6) is 0. The summed E-state index contributed by atoms with van der Waals surface area (Å²) >= 11 is 0. The summed E-state index contributed by atoms with van der Waals surface area (Å²) in [6.07, 6.45) is 2.70. The van der Waals surface area contributed by atoms with Crippen molar-refractivity contribution in [3.05, 3.63) is 29.8 Å². The predicted octanol–water partition coefficient (Wildman–Crippen LogP) is 2.14. The third-order valence-corrected chi connectivity index (χ3v) is 2.43. The zero-order chi connectivity index (χ0) is 12.5. The number of aliphatic hydroxyl groups excluding tert-OH is 1. The summed E-state index contributed by atoms with van der Waals surface area (Å²) in [6.45, 7) is 2.93. The Morgan fingerprint density at radius 1 is 1.29 bits per heavy atom. The highest BCUT2D eigenvalue weighted by Gasteiger charge is 2.00. The van der Waals surface area contributed by atoms with Crippen LogP contribution in [0.4, 0.5) is 10.5 Å². The highest BCUT2D eigenvalue weighted by atomic mass is 16.3. The molecule has 1 aromatic rings. The summed E-state index contributed by atoms with van der Waals surface area (Å²) < 4.78 is 0. The van der Waals surface area contributed by atoms with E-state index in [1.807, 2.05) is 24.3 Å². The fourth-order valence-corrected chi connectivity index (χ4v) is 1.44. The molecule has 0 spiro atoms. The first-order chi connectivity index (χ1) is 8.26. The summed E-state index contributed by atoms with van der Waals surface area (Å²) in [7, 11) is 0. The van der Waals surface area contributed by atoms with Gasteiger partial charge in [-0.1, -0.05) is 25.5 Å². The van der Waals surface area contributed by atoms with Crippen LogP contribution in [0.1, 0.15) is 25.3 Å². The maximum Gasteiger partial charge on any atom is 0.319 e. The number of nitrogens with one attached hydrogen (secondary N) is 2. The van der Waals surface area contributed by atoms with Crippen LogP contribution >= 0.6 is 0 Å². The Hall–Kier alpha value is -1.55. The molecule has 0 heterocycles. The van der Waals surface area contributed by atoms with E-state index in [4.69, 9.17) is 5.11 Å². The maximum atomic E-state index is 11.4. The van der Waals surface area contributed by atoms with E-state index >= 15 is 0 Å². The van der Waals surface area contributed by atoms with Gasteiger partial charge in [0.1, 0.15) is 0 Å². The summed E-state index contributed by atoms with van der Waals surface area (Å²) in [5.41, 5.74) is 1.82. The minimum atomic E-state index is -0.173. The van der Waals surface area contributed by atoms with Crippen molar-refractivity contribution in [2.45, 2.75) is 26.2 Å². The Balaban J connectivity index is 2.37. The monoisotopic (exact) mass is 236 g/mol. The van der Waals surface area contributed by atoms with E-state index in [9.17, 15) is 4.79 Å². The SMILES string of the molecule is CCCCNC(=O)Nc1ccc(CCO)cc1. The van der Waals surface area contributed by atoms with Crippen LogP contribution in [0.3, 0.4) is 0 Å². The van der Waals surface area contributed by atoms with E-state index in [2.05, 4.69) is 17.6 Å². The van der Waals surface area contributed by atoms with Gasteiger partial charge in [0.2, 0.25) is 0 Å². The first-order valence-electron chi connectivity index (χ1n) is 6.01. The molecule has 2 amide bonds. The molecule has 4 heteroatoms. The van der Waals surface area contributed by atoms with Crippen LogP contribution in [0.25, 0.3) is 0 Å². The molecule has 0 radical (unpaired) electrons. The van der Waals surface area contributed by atoms with E-state index in [-0.39, 0.29) is 12.6 Å². The number of hydrogen-bond acceptors (Lipinski definition) is 2. The molecule has 3 N–H and O–H groups in total. The molecule has 94 valence electrons. The van der Waals surface area contributed by atoms with Crippen molar-refractivity contribution in [2.75, 3.05) is 18.5 Å². The van der Waals surface area contributed by atoms with Crippen molar-refractivity contribution in [2.24, 2.45) is 0 Å². The van der Waals surface area contributed by atoms with Gasteiger partial charge in [-0.2, -0.15) is 0 Å². The van der Waals surface area contributed by atoms with Gasteiger partial charge < -0.3 is 15.7 Å². The molecule has 1 rings (SSSR count). The Kier molecular flexibility index (Phi) is 6.10. The largest absolute Gasteiger partial charge is 0.396 e. The number of rotatable bonds is 6. The quantitative estimate of drug-likeness (QED) is 0.663.